The van der Waals surface area contributed by atoms with Gasteiger partial charge in [0.05, 0.1) is 4.92 Å². The second-order valence-electron chi connectivity index (χ2n) is 5.10. The molecular weight excluding hydrogens is 244 g/mol. The molecule has 0 aliphatic carbocycles. The Kier molecular flexibility index (Phi) is 3.90. The smallest absolute Gasteiger partial charge is 0.273 e. The zero-order valence-electron chi connectivity index (χ0n) is 11.6. The predicted molar refractivity (Wildman–Crippen MR) is 76.9 cm³/mol. The molecule has 1 fully saturated rings. The number of rotatable bonds is 4. The summed E-state index contributed by atoms with van der Waals surface area (Å²) in [5.74, 6) is 0. The Labute approximate surface area is 113 Å². The maximum Gasteiger partial charge on any atom is 0.273 e. The van der Waals surface area contributed by atoms with Crippen LogP contribution in [0.1, 0.15) is 6.42 Å². The molecule has 1 aliphatic heterocycles. The molecule has 1 aromatic rings. The molecule has 1 atom stereocenters. The van der Waals surface area contributed by atoms with Gasteiger partial charge in [0.1, 0.15) is 0 Å². The number of non-ortho nitro benzene ring substituents is 1. The third-order valence-electron chi connectivity index (χ3n) is 3.66. The number of likely N-dealkylation sites (N-methyl/N-ethyl adjacent to an activating group) is 1. The van der Waals surface area contributed by atoms with Gasteiger partial charge in [0.25, 0.3) is 5.69 Å². The summed E-state index contributed by atoms with van der Waals surface area (Å²) in [7, 11) is 5.91. The van der Waals surface area contributed by atoms with Crippen LogP contribution in [0.15, 0.2) is 18.2 Å². The van der Waals surface area contributed by atoms with Crippen molar-refractivity contribution in [2.45, 2.75) is 12.5 Å². The Bertz CT molecular complexity index is 476. The molecule has 1 aliphatic rings. The SMILES string of the molecule is CNc1cc(N2CCC(N(C)C)C2)cc([N+](=O)[O-])c1. The summed E-state index contributed by atoms with van der Waals surface area (Å²) in [6.45, 7) is 1.85. The molecule has 0 saturated carbocycles. The van der Waals surface area contributed by atoms with E-state index >= 15 is 0 Å². The van der Waals surface area contributed by atoms with Crippen LogP contribution in [-0.4, -0.2) is 50.1 Å². The molecule has 1 N–H and O–H groups in total. The second kappa shape index (κ2) is 5.44. The lowest BCUT2D eigenvalue weighted by Gasteiger charge is -2.22. The molecule has 0 radical (unpaired) electrons. The maximum absolute atomic E-state index is 11.0. The third kappa shape index (κ3) is 2.96. The first kappa shape index (κ1) is 13.6. The van der Waals surface area contributed by atoms with Crippen LogP contribution in [0.3, 0.4) is 0 Å². The zero-order valence-corrected chi connectivity index (χ0v) is 11.6. The van der Waals surface area contributed by atoms with E-state index in [9.17, 15) is 10.1 Å². The molecule has 0 amide bonds. The molecule has 0 spiro atoms. The third-order valence-corrected chi connectivity index (χ3v) is 3.66. The minimum Gasteiger partial charge on any atom is -0.388 e. The van der Waals surface area contributed by atoms with E-state index in [0.29, 0.717) is 6.04 Å². The van der Waals surface area contributed by atoms with E-state index in [1.165, 1.54) is 0 Å². The van der Waals surface area contributed by atoms with Crippen LogP contribution in [0.5, 0.6) is 0 Å². The highest BCUT2D eigenvalue weighted by molar-refractivity contribution is 5.64. The van der Waals surface area contributed by atoms with Crippen molar-refractivity contribution in [2.75, 3.05) is 44.4 Å². The topological polar surface area (TPSA) is 61.6 Å². The first-order valence-electron chi connectivity index (χ1n) is 6.40. The van der Waals surface area contributed by atoms with E-state index in [4.69, 9.17) is 0 Å². The number of benzene rings is 1. The standard InChI is InChI=1S/C13H20N4O2/c1-14-10-6-12(8-13(7-10)17(18)19)16-5-4-11(9-16)15(2)3/h6-8,11,14H,4-5,9H2,1-3H3. The molecule has 0 bridgehead atoms. The zero-order chi connectivity index (χ0) is 14.0. The Balaban J connectivity index is 2.25. The highest BCUT2D eigenvalue weighted by Gasteiger charge is 2.25. The van der Waals surface area contributed by atoms with E-state index in [1.54, 1.807) is 19.2 Å². The van der Waals surface area contributed by atoms with Crippen LogP contribution in [0, 0.1) is 10.1 Å². The molecule has 1 saturated heterocycles. The predicted octanol–water partition coefficient (Wildman–Crippen LogP) is 1.78. The van der Waals surface area contributed by atoms with Gasteiger partial charge in [-0.15, -0.1) is 0 Å². The number of nitro benzene ring substituents is 1. The number of nitrogens with zero attached hydrogens (tertiary/aromatic N) is 3. The van der Waals surface area contributed by atoms with E-state index in [2.05, 4.69) is 29.2 Å². The number of hydrogen-bond donors (Lipinski definition) is 1. The van der Waals surface area contributed by atoms with Crippen LogP contribution in [0.25, 0.3) is 0 Å². The van der Waals surface area contributed by atoms with Gasteiger partial charge in [0, 0.05) is 49.7 Å². The molecule has 0 aromatic heterocycles. The Morgan fingerprint density at radius 3 is 2.68 bits per heavy atom. The fourth-order valence-corrected chi connectivity index (χ4v) is 2.43. The molecule has 6 heteroatoms. The van der Waals surface area contributed by atoms with Crippen molar-refractivity contribution < 1.29 is 4.92 Å². The molecule has 2 rings (SSSR count). The van der Waals surface area contributed by atoms with Gasteiger partial charge in [-0.25, -0.2) is 0 Å². The maximum atomic E-state index is 11.0. The molecule has 6 nitrogen and oxygen atoms in total. The lowest BCUT2D eigenvalue weighted by molar-refractivity contribution is -0.384. The van der Waals surface area contributed by atoms with E-state index in [-0.39, 0.29) is 10.6 Å². The molecule has 19 heavy (non-hydrogen) atoms. The number of anilines is 2. The van der Waals surface area contributed by atoms with Crippen LogP contribution in [0.4, 0.5) is 17.1 Å². The Morgan fingerprint density at radius 2 is 2.16 bits per heavy atom. The number of nitro groups is 1. The van der Waals surface area contributed by atoms with Gasteiger partial charge in [-0.2, -0.15) is 0 Å². The average molecular weight is 264 g/mol. The molecule has 1 unspecified atom stereocenters. The van der Waals surface area contributed by atoms with Gasteiger partial charge in [0.2, 0.25) is 0 Å². The summed E-state index contributed by atoms with van der Waals surface area (Å²) >= 11 is 0. The summed E-state index contributed by atoms with van der Waals surface area (Å²) in [6.07, 6.45) is 1.09. The van der Waals surface area contributed by atoms with Gasteiger partial charge < -0.3 is 15.1 Å². The Hall–Kier alpha value is -1.82. The summed E-state index contributed by atoms with van der Waals surface area (Å²) < 4.78 is 0. The normalized spacial score (nSPS) is 18.9. The van der Waals surface area contributed by atoms with Crippen LogP contribution < -0.4 is 10.2 Å². The van der Waals surface area contributed by atoms with E-state index < -0.39 is 0 Å². The lowest BCUT2D eigenvalue weighted by Crippen LogP contribution is -2.31. The van der Waals surface area contributed by atoms with Crippen LogP contribution >= 0.6 is 0 Å². The summed E-state index contributed by atoms with van der Waals surface area (Å²) in [4.78, 5) is 15.0. The fraction of sp³-hybridized carbons (Fsp3) is 0.538. The molecule has 104 valence electrons. The van der Waals surface area contributed by atoms with Crippen molar-refractivity contribution in [1.82, 2.24) is 4.90 Å². The lowest BCUT2D eigenvalue weighted by atomic mass is 10.2. The second-order valence-corrected chi connectivity index (χ2v) is 5.10. The van der Waals surface area contributed by atoms with Gasteiger partial charge in [-0.3, -0.25) is 10.1 Å². The highest BCUT2D eigenvalue weighted by Crippen LogP contribution is 2.29. The van der Waals surface area contributed by atoms with Gasteiger partial charge in [0.15, 0.2) is 0 Å². The molecular formula is C13H20N4O2. The monoisotopic (exact) mass is 264 g/mol. The van der Waals surface area contributed by atoms with Crippen molar-refractivity contribution in [3.05, 3.63) is 28.3 Å². The number of hydrogen-bond acceptors (Lipinski definition) is 5. The van der Waals surface area contributed by atoms with Gasteiger partial charge in [-0.1, -0.05) is 0 Å². The summed E-state index contributed by atoms with van der Waals surface area (Å²) in [5, 5.41) is 13.9. The van der Waals surface area contributed by atoms with Crippen LogP contribution in [0.2, 0.25) is 0 Å². The largest absolute Gasteiger partial charge is 0.388 e. The quantitative estimate of drug-likeness (QED) is 0.663. The van der Waals surface area contributed by atoms with E-state index in [1.807, 2.05) is 6.07 Å². The van der Waals surface area contributed by atoms with Crippen LogP contribution in [-0.2, 0) is 0 Å². The fourth-order valence-electron chi connectivity index (χ4n) is 2.43. The minimum atomic E-state index is -0.343. The number of nitrogens with one attached hydrogen (secondary N) is 1. The van der Waals surface area contributed by atoms with Gasteiger partial charge >= 0.3 is 0 Å². The average Bonchev–Trinajstić information content (AvgIpc) is 2.87. The van der Waals surface area contributed by atoms with Gasteiger partial charge in [-0.05, 0) is 26.6 Å². The van der Waals surface area contributed by atoms with Crippen molar-refractivity contribution in [1.29, 1.82) is 0 Å². The first-order chi connectivity index (χ1) is 9.01. The van der Waals surface area contributed by atoms with Crippen molar-refractivity contribution in [2.24, 2.45) is 0 Å². The van der Waals surface area contributed by atoms with Crippen molar-refractivity contribution >= 4 is 17.1 Å². The molecule has 1 aromatic carbocycles. The summed E-state index contributed by atoms with van der Waals surface area (Å²) in [6, 6.07) is 5.68. The van der Waals surface area contributed by atoms with Crippen molar-refractivity contribution in [3.8, 4) is 0 Å². The highest BCUT2D eigenvalue weighted by atomic mass is 16.6. The van der Waals surface area contributed by atoms with Crippen molar-refractivity contribution in [3.63, 3.8) is 0 Å². The summed E-state index contributed by atoms with van der Waals surface area (Å²) in [5.41, 5.74) is 1.83. The Morgan fingerprint density at radius 1 is 1.42 bits per heavy atom. The molecule has 1 heterocycles. The van der Waals surface area contributed by atoms with E-state index in [0.717, 1.165) is 30.9 Å². The first-order valence-corrected chi connectivity index (χ1v) is 6.40. The minimum absolute atomic E-state index is 0.134.